The van der Waals surface area contributed by atoms with Crippen LogP contribution in [0.3, 0.4) is 0 Å². The van der Waals surface area contributed by atoms with Gasteiger partial charge < -0.3 is 4.57 Å². The Hall–Kier alpha value is -2.30. The molecule has 2 nitrogen and oxygen atoms in total. The summed E-state index contributed by atoms with van der Waals surface area (Å²) in [5.41, 5.74) is 5.34. The van der Waals surface area contributed by atoms with Crippen LogP contribution >= 0.6 is 23.6 Å². The maximum absolute atomic E-state index is 5.78. The molecule has 0 bridgehead atoms. The molecule has 1 aliphatic carbocycles. The van der Waals surface area contributed by atoms with Gasteiger partial charge in [-0.15, -0.1) is 11.3 Å². The molecule has 0 aliphatic heterocycles. The fourth-order valence-corrected chi connectivity index (χ4v) is 5.83. The Balaban J connectivity index is 1.72. The van der Waals surface area contributed by atoms with Crippen LogP contribution in [0.4, 0.5) is 0 Å². The predicted octanol–water partition coefficient (Wildman–Crippen LogP) is 6.62. The minimum absolute atomic E-state index is 0.695. The van der Waals surface area contributed by atoms with Gasteiger partial charge in [-0.1, -0.05) is 60.7 Å². The van der Waals surface area contributed by atoms with Crippen molar-refractivity contribution < 1.29 is 0 Å². The molecular weight excluding hydrogens is 380 g/mol. The molecule has 0 saturated heterocycles. The van der Waals surface area contributed by atoms with Crippen LogP contribution in [0.5, 0.6) is 0 Å². The third-order valence-electron chi connectivity index (χ3n) is 5.60. The Morgan fingerprint density at radius 2 is 1.64 bits per heavy atom. The van der Waals surface area contributed by atoms with E-state index in [1.807, 2.05) is 11.3 Å². The largest absolute Gasteiger partial charge is 0.316 e. The van der Waals surface area contributed by atoms with Crippen LogP contribution < -0.4 is 0 Å². The Kier molecular flexibility index (Phi) is 4.83. The van der Waals surface area contributed by atoms with E-state index in [-0.39, 0.29) is 0 Å². The van der Waals surface area contributed by atoms with Crippen molar-refractivity contribution in [1.82, 2.24) is 9.55 Å². The second-order valence-electron chi connectivity index (χ2n) is 7.39. The van der Waals surface area contributed by atoms with E-state index in [9.17, 15) is 0 Å². The Bertz CT molecular complexity index is 1170. The average molecular weight is 403 g/mol. The molecule has 0 spiro atoms. The van der Waals surface area contributed by atoms with Gasteiger partial charge in [0, 0.05) is 16.8 Å². The number of aryl methyl sites for hydroxylation is 3. The molecule has 2 aromatic carbocycles. The van der Waals surface area contributed by atoms with Gasteiger partial charge in [0.05, 0.1) is 5.69 Å². The summed E-state index contributed by atoms with van der Waals surface area (Å²) in [5, 5.41) is 1.34. The molecule has 28 heavy (non-hydrogen) atoms. The fourth-order valence-electron chi connectivity index (χ4n) is 4.24. The Labute approximate surface area is 174 Å². The van der Waals surface area contributed by atoms with E-state index in [1.54, 1.807) is 0 Å². The molecule has 0 N–H and O–H groups in total. The van der Waals surface area contributed by atoms with Gasteiger partial charge in [-0.2, -0.15) is 0 Å². The van der Waals surface area contributed by atoms with E-state index in [1.165, 1.54) is 51.9 Å². The highest BCUT2D eigenvalue weighted by Gasteiger charge is 2.22. The van der Waals surface area contributed by atoms with Crippen molar-refractivity contribution in [2.24, 2.45) is 0 Å². The summed E-state index contributed by atoms with van der Waals surface area (Å²) >= 11 is 7.64. The van der Waals surface area contributed by atoms with Gasteiger partial charge in [0.1, 0.15) is 4.83 Å². The zero-order chi connectivity index (χ0) is 18.9. The second kappa shape index (κ2) is 7.61. The number of fused-ring (bicyclic) bond motifs is 3. The first-order chi connectivity index (χ1) is 13.8. The number of aromatic nitrogens is 2. The van der Waals surface area contributed by atoms with Crippen molar-refractivity contribution in [3.63, 3.8) is 0 Å². The first-order valence-corrected chi connectivity index (χ1v) is 11.2. The van der Waals surface area contributed by atoms with Crippen LogP contribution in [0, 0.1) is 4.77 Å². The molecule has 140 valence electrons. The zero-order valence-electron chi connectivity index (χ0n) is 15.7. The van der Waals surface area contributed by atoms with Crippen molar-refractivity contribution in [2.75, 3.05) is 0 Å². The summed E-state index contributed by atoms with van der Waals surface area (Å²) in [4.78, 5) is 7.51. The Morgan fingerprint density at radius 1 is 0.929 bits per heavy atom. The van der Waals surface area contributed by atoms with Crippen molar-refractivity contribution in [3.05, 3.63) is 81.4 Å². The molecule has 4 heteroatoms. The normalized spacial score (nSPS) is 13.6. The lowest BCUT2D eigenvalue weighted by Gasteiger charge is -2.18. The lowest BCUT2D eigenvalue weighted by Crippen LogP contribution is -2.10. The molecule has 0 amide bonds. The van der Waals surface area contributed by atoms with E-state index in [2.05, 4.69) is 65.2 Å². The number of rotatable bonds is 4. The molecule has 5 rings (SSSR count). The number of nitrogens with zero attached hydrogens (tertiary/aromatic N) is 2. The highest BCUT2D eigenvalue weighted by atomic mass is 32.1. The lowest BCUT2D eigenvalue weighted by molar-refractivity contribution is 0.677. The summed E-state index contributed by atoms with van der Waals surface area (Å²) in [5.74, 6) is 0. The molecule has 0 unspecified atom stereocenters. The highest BCUT2D eigenvalue weighted by molar-refractivity contribution is 7.71. The summed E-state index contributed by atoms with van der Waals surface area (Å²) in [6, 6.07) is 21.4. The number of benzene rings is 2. The topological polar surface area (TPSA) is 17.8 Å². The SMILES string of the molecule is S=c1nc2sc3c(c2c(-c2ccccc2)n1CCc1ccccc1)CCCC3. The average Bonchev–Trinajstić information content (AvgIpc) is 3.11. The van der Waals surface area contributed by atoms with Gasteiger partial charge in [-0.25, -0.2) is 4.98 Å². The summed E-state index contributed by atoms with van der Waals surface area (Å²) < 4.78 is 2.96. The van der Waals surface area contributed by atoms with Crippen LogP contribution in [0.15, 0.2) is 60.7 Å². The molecule has 0 saturated carbocycles. The third kappa shape index (κ3) is 3.21. The fraction of sp³-hybridized carbons (Fsp3) is 0.250. The third-order valence-corrected chi connectivity index (χ3v) is 7.10. The quantitative estimate of drug-likeness (QED) is 0.357. The van der Waals surface area contributed by atoms with Crippen LogP contribution in [0.25, 0.3) is 21.5 Å². The second-order valence-corrected chi connectivity index (χ2v) is 8.84. The Morgan fingerprint density at radius 3 is 2.43 bits per heavy atom. The monoisotopic (exact) mass is 402 g/mol. The number of thiophene rings is 1. The molecule has 0 atom stereocenters. The molecule has 4 aromatic rings. The highest BCUT2D eigenvalue weighted by Crippen LogP contribution is 2.40. The van der Waals surface area contributed by atoms with Gasteiger partial charge in [-0.3, -0.25) is 0 Å². The molecular formula is C24H22N2S2. The van der Waals surface area contributed by atoms with E-state index in [0.717, 1.165) is 24.2 Å². The molecule has 1 aliphatic rings. The smallest absolute Gasteiger partial charge is 0.201 e. The summed E-state index contributed by atoms with van der Waals surface area (Å²) in [6.45, 7) is 0.848. The van der Waals surface area contributed by atoms with Gasteiger partial charge >= 0.3 is 0 Å². The zero-order valence-corrected chi connectivity index (χ0v) is 17.4. The maximum atomic E-state index is 5.78. The van der Waals surface area contributed by atoms with Crippen LogP contribution in [0.2, 0.25) is 0 Å². The van der Waals surface area contributed by atoms with Crippen LogP contribution in [-0.2, 0) is 25.8 Å². The van der Waals surface area contributed by atoms with E-state index >= 15 is 0 Å². The first kappa shape index (κ1) is 17.8. The van der Waals surface area contributed by atoms with Gasteiger partial charge in [0.25, 0.3) is 0 Å². The summed E-state index contributed by atoms with van der Waals surface area (Å²) in [7, 11) is 0. The molecule has 0 radical (unpaired) electrons. The maximum Gasteiger partial charge on any atom is 0.201 e. The van der Waals surface area contributed by atoms with Gasteiger partial charge in [-0.05, 0) is 61.0 Å². The molecule has 2 aromatic heterocycles. The van der Waals surface area contributed by atoms with E-state index in [4.69, 9.17) is 17.2 Å². The minimum Gasteiger partial charge on any atom is -0.316 e. The molecule has 2 heterocycles. The predicted molar refractivity (Wildman–Crippen MR) is 121 cm³/mol. The minimum atomic E-state index is 0.695. The number of hydrogen-bond acceptors (Lipinski definition) is 3. The van der Waals surface area contributed by atoms with E-state index < -0.39 is 0 Å². The lowest BCUT2D eigenvalue weighted by atomic mass is 9.94. The van der Waals surface area contributed by atoms with Crippen molar-refractivity contribution in [3.8, 4) is 11.3 Å². The summed E-state index contributed by atoms with van der Waals surface area (Å²) in [6.07, 6.45) is 5.85. The van der Waals surface area contributed by atoms with Crippen molar-refractivity contribution in [2.45, 2.75) is 38.6 Å². The standard InChI is InChI=1S/C24H22N2S2/c27-24-25-23-21(19-13-7-8-14-20(19)28-23)22(18-11-5-2-6-12-18)26(24)16-15-17-9-3-1-4-10-17/h1-6,9-12H,7-8,13-16H2. The first-order valence-electron chi connectivity index (χ1n) is 9.96. The van der Waals surface area contributed by atoms with Crippen molar-refractivity contribution >= 4 is 33.8 Å². The number of hydrogen-bond donors (Lipinski definition) is 0. The van der Waals surface area contributed by atoms with E-state index in [0.29, 0.717) is 4.77 Å². The van der Waals surface area contributed by atoms with Crippen molar-refractivity contribution in [1.29, 1.82) is 0 Å². The molecule has 0 fully saturated rings. The van der Waals surface area contributed by atoms with Crippen LogP contribution in [0.1, 0.15) is 28.8 Å². The van der Waals surface area contributed by atoms with Gasteiger partial charge in [0.2, 0.25) is 4.77 Å². The van der Waals surface area contributed by atoms with Gasteiger partial charge in [0.15, 0.2) is 0 Å². The van der Waals surface area contributed by atoms with Crippen LogP contribution in [-0.4, -0.2) is 9.55 Å².